The van der Waals surface area contributed by atoms with Gasteiger partial charge in [0.25, 0.3) is 5.69 Å². The fourth-order valence-corrected chi connectivity index (χ4v) is 1.56. The molecule has 2 aromatic rings. The molecule has 0 N–H and O–H groups in total. The highest BCUT2D eigenvalue weighted by molar-refractivity contribution is 6.04. The summed E-state index contributed by atoms with van der Waals surface area (Å²) in [5, 5.41) is 10.6. The van der Waals surface area contributed by atoms with Crippen molar-refractivity contribution in [2.45, 2.75) is 6.92 Å². The van der Waals surface area contributed by atoms with E-state index in [0.29, 0.717) is 11.3 Å². The summed E-state index contributed by atoms with van der Waals surface area (Å²) in [6, 6.07) is 9.35. The van der Waals surface area contributed by atoms with Crippen molar-refractivity contribution in [1.82, 2.24) is 0 Å². The van der Waals surface area contributed by atoms with Crippen LogP contribution in [-0.2, 0) is 0 Å². The van der Waals surface area contributed by atoms with Crippen molar-refractivity contribution in [2.24, 2.45) is 0 Å². The molecule has 0 saturated carbocycles. The van der Waals surface area contributed by atoms with Crippen LogP contribution < -0.4 is 0 Å². The minimum atomic E-state index is -0.477. The molecule has 1 heterocycles. The molecule has 0 aliphatic rings. The molecule has 0 unspecified atom stereocenters. The van der Waals surface area contributed by atoms with Crippen molar-refractivity contribution in [3.63, 3.8) is 0 Å². The molecular formula is C14H11NO4. The van der Waals surface area contributed by atoms with Gasteiger partial charge >= 0.3 is 0 Å². The van der Waals surface area contributed by atoms with Crippen molar-refractivity contribution in [3.8, 4) is 0 Å². The minimum Gasteiger partial charge on any atom is -0.458 e. The zero-order chi connectivity index (χ0) is 13.8. The van der Waals surface area contributed by atoms with Gasteiger partial charge < -0.3 is 4.42 Å². The number of nitro groups is 1. The van der Waals surface area contributed by atoms with Crippen LogP contribution in [0.25, 0.3) is 6.08 Å². The lowest BCUT2D eigenvalue weighted by Gasteiger charge is -1.94. The number of hydrogen-bond donors (Lipinski definition) is 0. The number of nitro benzene ring substituents is 1. The summed E-state index contributed by atoms with van der Waals surface area (Å²) >= 11 is 0. The Morgan fingerprint density at radius 3 is 2.74 bits per heavy atom. The van der Waals surface area contributed by atoms with Crippen LogP contribution >= 0.6 is 0 Å². The quantitative estimate of drug-likeness (QED) is 0.364. The van der Waals surface area contributed by atoms with Crippen LogP contribution in [0.3, 0.4) is 0 Å². The molecule has 0 saturated heterocycles. The Balaban J connectivity index is 2.16. The SMILES string of the molecule is Cc1ccc(C(=O)/C=C/c2cccc([N+](=O)[O-])c2)o1. The Morgan fingerprint density at radius 2 is 2.11 bits per heavy atom. The van der Waals surface area contributed by atoms with E-state index in [0.717, 1.165) is 0 Å². The Bertz CT molecular complexity index is 655. The number of aryl methyl sites for hydroxylation is 1. The van der Waals surface area contributed by atoms with Crippen molar-refractivity contribution >= 4 is 17.5 Å². The van der Waals surface area contributed by atoms with Crippen molar-refractivity contribution in [3.05, 3.63) is 69.7 Å². The van der Waals surface area contributed by atoms with Gasteiger partial charge in [0.15, 0.2) is 5.76 Å². The largest absolute Gasteiger partial charge is 0.458 e. The molecule has 5 nitrogen and oxygen atoms in total. The van der Waals surface area contributed by atoms with Gasteiger partial charge in [-0.15, -0.1) is 0 Å². The maximum Gasteiger partial charge on any atom is 0.270 e. The number of rotatable bonds is 4. The summed E-state index contributed by atoms with van der Waals surface area (Å²) < 4.78 is 5.19. The average Bonchev–Trinajstić information content (AvgIpc) is 2.83. The lowest BCUT2D eigenvalue weighted by atomic mass is 10.1. The van der Waals surface area contributed by atoms with Crippen molar-refractivity contribution in [1.29, 1.82) is 0 Å². The van der Waals surface area contributed by atoms with E-state index in [9.17, 15) is 14.9 Å². The molecule has 0 atom stereocenters. The number of nitrogens with zero attached hydrogens (tertiary/aromatic N) is 1. The molecule has 0 amide bonds. The zero-order valence-corrected chi connectivity index (χ0v) is 10.2. The second-order valence-corrected chi connectivity index (χ2v) is 3.96. The normalized spacial score (nSPS) is 10.8. The fourth-order valence-electron chi connectivity index (χ4n) is 1.56. The molecule has 1 aromatic carbocycles. The summed E-state index contributed by atoms with van der Waals surface area (Å²) in [6.07, 6.45) is 2.85. The third kappa shape index (κ3) is 3.16. The first-order valence-electron chi connectivity index (χ1n) is 5.59. The van der Waals surface area contributed by atoms with Gasteiger partial charge in [-0.2, -0.15) is 0 Å². The third-order valence-electron chi connectivity index (χ3n) is 2.49. The summed E-state index contributed by atoms with van der Waals surface area (Å²) in [6.45, 7) is 1.75. The molecule has 96 valence electrons. The summed E-state index contributed by atoms with van der Waals surface area (Å²) in [4.78, 5) is 21.9. The highest BCUT2D eigenvalue weighted by Crippen LogP contribution is 2.15. The predicted octanol–water partition coefficient (Wildman–Crippen LogP) is 3.39. The van der Waals surface area contributed by atoms with Crippen LogP contribution in [0, 0.1) is 17.0 Å². The van der Waals surface area contributed by atoms with Crippen molar-refractivity contribution in [2.75, 3.05) is 0 Å². The smallest absolute Gasteiger partial charge is 0.270 e. The highest BCUT2D eigenvalue weighted by Gasteiger charge is 2.07. The van der Waals surface area contributed by atoms with E-state index >= 15 is 0 Å². The van der Waals surface area contributed by atoms with E-state index < -0.39 is 4.92 Å². The van der Waals surface area contributed by atoms with Gasteiger partial charge in [-0.05, 0) is 30.7 Å². The van der Waals surface area contributed by atoms with E-state index in [-0.39, 0.29) is 17.2 Å². The summed E-state index contributed by atoms with van der Waals surface area (Å²) in [5.41, 5.74) is 0.578. The van der Waals surface area contributed by atoms with Gasteiger partial charge in [0.1, 0.15) is 5.76 Å². The van der Waals surface area contributed by atoms with E-state index in [1.807, 2.05) is 0 Å². The predicted molar refractivity (Wildman–Crippen MR) is 69.9 cm³/mol. The Hall–Kier alpha value is -2.69. The summed E-state index contributed by atoms with van der Waals surface area (Å²) in [5.74, 6) is 0.630. The molecule has 1 aromatic heterocycles. The number of benzene rings is 1. The Labute approximate surface area is 109 Å². The minimum absolute atomic E-state index is 0.0107. The lowest BCUT2D eigenvalue weighted by Crippen LogP contribution is -1.91. The molecule has 0 spiro atoms. The van der Waals surface area contributed by atoms with E-state index in [4.69, 9.17) is 4.42 Å². The second-order valence-electron chi connectivity index (χ2n) is 3.96. The maximum atomic E-state index is 11.7. The van der Waals surface area contributed by atoms with E-state index in [1.165, 1.54) is 24.3 Å². The third-order valence-corrected chi connectivity index (χ3v) is 2.49. The van der Waals surface area contributed by atoms with Gasteiger partial charge in [0, 0.05) is 12.1 Å². The average molecular weight is 257 g/mol. The number of allylic oxidation sites excluding steroid dienone is 1. The van der Waals surface area contributed by atoms with E-state index in [2.05, 4.69) is 0 Å². The van der Waals surface area contributed by atoms with Gasteiger partial charge in [0.2, 0.25) is 5.78 Å². The summed E-state index contributed by atoms with van der Waals surface area (Å²) in [7, 11) is 0. The van der Waals surface area contributed by atoms with Crippen LogP contribution in [0.1, 0.15) is 21.9 Å². The number of carbonyl (C=O) groups is 1. The molecular weight excluding hydrogens is 246 g/mol. The van der Waals surface area contributed by atoms with Crippen LogP contribution in [0.4, 0.5) is 5.69 Å². The number of furan rings is 1. The van der Waals surface area contributed by atoms with Gasteiger partial charge in [-0.3, -0.25) is 14.9 Å². The number of non-ortho nitro benzene ring substituents is 1. The first kappa shape index (κ1) is 12.8. The molecule has 0 aliphatic carbocycles. The van der Waals surface area contributed by atoms with Crippen LogP contribution in [0.5, 0.6) is 0 Å². The molecule has 2 rings (SSSR count). The van der Waals surface area contributed by atoms with Crippen LogP contribution in [0.2, 0.25) is 0 Å². The first-order valence-corrected chi connectivity index (χ1v) is 5.59. The number of hydrogen-bond acceptors (Lipinski definition) is 4. The highest BCUT2D eigenvalue weighted by atomic mass is 16.6. The number of carbonyl (C=O) groups excluding carboxylic acids is 1. The fraction of sp³-hybridized carbons (Fsp3) is 0.0714. The zero-order valence-electron chi connectivity index (χ0n) is 10.2. The van der Waals surface area contributed by atoms with Crippen LogP contribution in [0.15, 0.2) is 46.9 Å². The van der Waals surface area contributed by atoms with Crippen LogP contribution in [-0.4, -0.2) is 10.7 Å². The maximum absolute atomic E-state index is 11.7. The first-order chi connectivity index (χ1) is 9.06. The Kier molecular flexibility index (Phi) is 3.56. The van der Waals surface area contributed by atoms with E-state index in [1.54, 1.807) is 31.2 Å². The Morgan fingerprint density at radius 1 is 1.32 bits per heavy atom. The van der Waals surface area contributed by atoms with Crippen molar-refractivity contribution < 1.29 is 14.1 Å². The van der Waals surface area contributed by atoms with Gasteiger partial charge in [-0.1, -0.05) is 18.2 Å². The topological polar surface area (TPSA) is 73.3 Å². The molecule has 0 radical (unpaired) electrons. The van der Waals surface area contributed by atoms with Gasteiger partial charge in [-0.25, -0.2) is 0 Å². The van der Waals surface area contributed by atoms with Gasteiger partial charge in [0.05, 0.1) is 4.92 Å². The monoisotopic (exact) mass is 257 g/mol. The standard InChI is InChI=1S/C14H11NO4/c1-10-5-8-14(19-10)13(16)7-6-11-3-2-4-12(9-11)15(17)18/h2-9H,1H3/b7-6+. The lowest BCUT2D eigenvalue weighted by molar-refractivity contribution is -0.384. The number of ketones is 1. The molecule has 5 heteroatoms. The molecule has 0 bridgehead atoms. The molecule has 0 fully saturated rings. The molecule has 19 heavy (non-hydrogen) atoms. The second kappa shape index (κ2) is 5.30. The molecule has 0 aliphatic heterocycles.